The second-order valence-corrected chi connectivity index (χ2v) is 11.7. The molecular formula is C21H27ClN4O7S2. The van der Waals surface area contributed by atoms with Gasteiger partial charge in [-0.2, -0.15) is 13.1 Å². The first-order valence-corrected chi connectivity index (χ1v) is 13.8. The number of ketones is 1. The van der Waals surface area contributed by atoms with Crippen molar-refractivity contribution in [3.63, 3.8) is 0 Å². The highest BCUT2D eigenvalue weighted by atomic mass is 35.5. The normalized spacial score (nSPS) is 24.4. The number of halogens is 1. The van der Waals surface area contributed by atoms with Crippen LogP contribution in [0.25, 0.3) is 0 Å². The number of aliphatic hydroxyl groups excluding tert-OH is 2. The molecule has 1 aliphatic carbocycles. The topological polar surface area (TPSA) is 171 Å². The molecule has 0 radical (unpaired) electrons. The van der Waals surface area contributed by atoms with Crippen molar-refractivity contribution in [2.24, 2.45) is 11.8 Å². The largest absolute Gasteiger partial charge is 0.393 e. The van der Waals surface area contributed by atoms with Gasteiger partial charge in [0, 0.05) is 43.5 Å². The summed E-state index contributed by atoms with van der Waals surface area (Å²) in [4.78, 5) is 21.8. The first-order chi connectivity index (χ1) is 16.6. The van der Waals surface area contributed by atoms with E-state index in [0.29, 0.717) is 53.7 Å². The maximum Gasteiger partial charge on any atom is 0.333 e. The van der Waals surface area contributed by atoms with Gasteiger partial charge in [0.25, 0.3) is 0 Å². The van der Waals surface area contributed by atoms with Gasteiger partial charge in [0.2, 0.25) is 5.78 Å². The van der Waals surface area contributed by atoms with Gasteiger partial charge < -0.3 is 20.3 Å². The number of rotatable bonds is 9. The van der Waals surface area contributed by atoms with Crippen LogP contribution in [0, 0.1) is 11.8 Å². The molecule has 4 atom stereocenters. The molecular weight excluding hydrogens is 520 g/mol. The van der Waals surface area contributed by atoms with Gasteiger partial charge in [-0.3, -0.25) is 9.35 Å². The second-order valence-electron chi connectivity index (χ2n) is 8.81. The number of hydrogen-bond donors (Lipinski definition) is 5. The fraction of sp³-hybridized carbons (Fsp3) is 0.571. The van der Waals surface area contributed by atoms with Gasteiger partial charge in [0.05, 0.1) is 27.0 Å². The zero-order valence-corrected chi connectivity index (χ0v) is 21.0. The number of anilines is 1. The number of carbonyl (C=O) groups is 1. The molecule has 192 valence electrons. The Morgan fingerprint density at radius 2 is 2.06 bits per heavy atom. The van der Waals surface area contributed by atoms with Crippen molar-refractivity contribution >= 4 is 44.8 Å². The predicted octanol–water partition coefficient (Wildman–Crippen LogP) is 1.83. The van der Waals surface area contributed by atoms with Crippen LogP contribution in [0.5, 0.6) is 0 Å². The SMILES string of the molecule is O=C(c1cc([C@H](O)C2CCOCC2)c(Cl)s1)c1cncnc1N[C@@H]1C[C@H](CNS(=O)(=O)O)[C@@H](O)C1. The van der Waals surface area contributed by atoms with Gasteiger partial charge in [0.15, 0.2) is 0 Å². The molecule has 0 aromatic carbocycles. The number of nitrogens with zero attached hydrogens (tertiary/aromatic N) is 2. The Morgan fingerprint density at radius 3 is 2.77 bits per heavy atom. The molecule has 2 aliphatic rings. The minimum absolute atomic E-state index is 0.00754. The molecule has 1 saturated heterocycles. The lowest BCUT2D eigenvalue weighted by Crippen LogP contribution is -2.32. The molecule has 2 fully saturated rings. The highest BCUT2D eigenvalue weighted by Crippen LogP contribution is 2.39. The van der Waals surface area contributed by atoms with E-state index in [1.165, 1.54) is 12.5 Å². The Bertz CT molecular complexity index is 1160. The standard InChI is InChI=1S/C21H27ClN4O7S2/c22-20-14(18(28)11-1-3-33-4-2-11)7-17(34-20)19(29)15-9-23-10-24-21(15)26-13-5-12(16(27)6-13)8-25-35(30,31)32/h7,9-13,16,18,25,27-28H,1-6,8H2,(H,23,24,26)(H,30,31,32)/t12-,13-,16+,18-/m1/s1. The Balaban J connectivity index is 1.47. The highest BCUT2D eigenvalue weighted by molar-refractivity contribution is 7.83. The van der Waals surface area contributed by atoms with Crippen LogP contribution in [0.3, 0.4) is 0 Å². The van der Waals surface area contributed by atoms with Crippen molar-refractivity contribution in [1.82, 2.24) is 14.7 Å². The predicted molar refractivity (Wildman–Crippen MR) is 129 cm³/mol. The summed E-state index contributed by atoms with van der Waals surface area (Å²) in [5.41, 5.74) is 0.734. The van der Waals surface area contributed by atoms with E-state index in [9.17, 15) is 23.4 Å². The summed E-state index contributed by atoms with van der Waals surface area (Å²) in [5, 5.41) is 24.2. The molecule has 1 aliphatic heterocycles. The molecule has 0 unspecified atom stereocenters. The number of ether oxygens (including phenoxy) is 1. The zero-order valence-electron chi connectivity index (χ0n) is 18.6. The van der Waals surface area contributed by atoms with Gasteiger partial charge in [-0.15, -0.1) is 11.3 Å². The molecule has 1 saturated carbocycles. The van der Waals surface area contributed by atoms with E-state index in [4.69, 9.17) is 20.9 Å². The van der Waals surface area contributed by atoms with E-state index in [2.05, 4.69) is 15.3 Å². The van der Waals surface area contributed by atoms with Crippen molar-refractivity contribution in [2.75, 3.05) is 25.1 Å². The summed E-state index contributed by atoms with van der Waals surface area (Å²) < 4.78 is 38.5. The third-order valence-corrected chi connectivity index (χ3v) is 8.37. The van der Waals surface area contributed by atoms with Crippen LogP contribution >= 0.6 is 22.9 Å². The summed E-state index contributed by atoms with van der Waals surface area (Å²) in [6.45, 7) is 1.04. The van der Waals surface area contributed by atoms with Crippen molar-refractivity contribution in [3.8, 4) is 0 Å². The summed E-state index contributed by atoms with van der Waals surface area (Å²) in [5.74, 6) is -0.482. The molecule has 2 aromatic heterocycles. The fourth-order valence-corrected chi connectivity index (χ4v) is 6.29. The minimum atomic E-state index is -4.36. The number of aromatic nitrogens is 2. The van der Waals surface area contributed by atoms with Gasteiger partial charge in [0.1, 0.15) is 12.1 Å². The van der Waals surface area contributed by atoms with E-state index in [-0.39, 0.29) is 35.7 Å². The molecule has 0 spiro atoms. The number of hydrogen-bond acceptors (Lipinski definition) is 10. The van der Waals surface area contributed by atoms with Crippen LogP contribution < -0.4 is 10.0 Å². The molecule has 11 nitrogen and oxygen atoms in total. The maximum atomic E-state index is 13.3. The lowest BCUT2D eigenvalue weighted by atomic mass is 9.90. The van der Waals surface area contributed by atoms with E-state index in [1.807, 2.05) is 4.72 Å². The Labute approximate surface area is 211 Å². The van der Waals surface area contributed by atoms with Crippen LogP contribution in [0.4, 0.5) is 5.82 Å². The molecule has 0 amide bonds. The number of aliphatic hydroxyl groups is 2. The van der Waals surface area contributed by atoms with E-state index < -0.39 is 28.4 Å². The maximum absolute atomic E-state index is 13.3. The summed E-state index contributed by atoms with van der Waals surface area (Å²) in [6, 6.07) is 1.33. The average molecular weight is 547 g/mol. The van der Waals surface area contributed by atoms with Crippen LogP contribution in [-0.4, -0.2) is 70.8 Å². The quantitative estimate of drug-likeness (QED) is 0.231. The lowest BCUT2D eigenvalue weighted by molar-refractivity contribution is 0.00736. The average Bonchev–Trinajstić information content (AvgIpc) is 3.39. The van der Waals surface area contributed by atoms with Crippen molar-refractivity contribution in [3.05, 3.63) is 38.9 Å². The summed E-state index contributed by atoms with van der Waals surface area (Å²) in [7, 11) is -4.36. The van der Waals surface area contributed by atoms with Crippen LogP contribution in [0.15, 0.2) is 18.6 Å². The van der Waals surface area contributed by atoms with E-state index >= 15 is 0 Å². The molecule has 2 aromatic rings. The van der Waals surface area contributed by atoms with Gasteiger partial charge >= 0.3 is 10.3 Å². The second kappa shape index (κ2) is 11.1. The van der Waals surface area contributed by atoms with Crippen LogP contribution in [0.2, 0.25) is 4.34 Å². The molecule has 14 heteroatoms. The summed E-state index contributed by atoms with van der Waals surface area (Å²) in [6.07, 6.45) is 3.23. The van der Waals surface area contributed by atoms with Crippen molar-refractivity contribution in [2.45, 2.75) is 43.9 Å². The van der Waals surface area contributed by atoms with Gasteiger partial charge in [-0.25, -0.2) is 9.97 Å². The Morgan fingerprint density at radius 1 is 1.31 bits per heavy atom. The van der Waals surface area contributed by atoms with Gasteiger partial charge in [-0.1, -0.05) is 11.6 Å². The number of thiophene rings is 1. The first-order valence-electron chi connectivity index (χ1n) is 11.2. The lowest BCUT2D eigenvalue weighted by Gasteiger charge is -2.26. The van der Waals surface area contributed by atoms with Crippen LogP contribution in [0.1, 0.15) is 52.6 Å². The van der Waals surface area contributed by atoms with Crippen molar-refractivity contribution in [1.29, 1.82) is 0 Å². The van der Waals surface area contributed by atoms with E-state index in [0.717, 1.165) is 11.3 Å². The van der Waals surface area contributed by atoms with E-state index in [1.54, 1.807) is 6.07 Å². The Kier molecular flexibility index (Phi) is 8.38. The first kappa shape index (κ1) is 26.4. The van der Waals surface area contributed by atoms with Crippen molar-refractivity contribution < 1.29 is 32.7 Å². The number of carbonyl (C=O) groups excluding carboxylic acids is 1. The summed E-state index contributed by atoms with van der Waals surface area (Å²) >= 11 is 7.48. The third kappa shape index (κ3) is 6.54. The Hall–Kier alpha value is -1.71. The van der Waals surface area contributed by atoms with Crippen LogP contribution in [-0.2, 0) is 15.0 Å². The zero-order chi connectivity index (χ0) is 25.2. The third-order valence-electron chi connectivity index (χ3n) is 6.45. The monoisotopic (exact) mass is 546 g/mol. The minimum Gasteiger partial charge on any atom is -0.393 e. The molecule has 3 heterocycles. The molecule has 4 rings (SSSR count). The van der Waals surface area contributed by atoms with Gasteiger partial charge in [-0.05, 0) is 37.7 Å². The highest BCUT2D eigenvalue weighted by Gasteiger charge is 2.34. The molecule has 5 N–H and O–H groups in total. The number of nitrogens with one attached hydrogen (secondary N) is 2. The smallest absolute Gasteiger partial charge is 0.333 e. The molecule has 0 bridgehead atoms. The molecule has 35 heavy (non-hydrogen) atoms. The fourth-order valence-electron chi connectivity index (χ4n) is 4.57.